The van der Waals surface area contributed by atoms with Crippen molar-refractivity contribution >= 4 is 67.5 Å². The number of carbonyl (C=O) groups excluding carboxylic acids is 2. The van der Waals surface area contributed by atoms with Crippen LogP contribution < -0.4 is 4.74 Å². The van der Waals surface area contributed by atoms with Crippen molar-refractivity contribution in [1.82, 2.24) is 0 Å². The molecule has 0 bridgehead atoms. The number of aromatic hydroxyl groups is 2. The van der Waals surface area contributed by atoms with Gasteiger partial charge in [0.15, 0.2) is 11.6 Å². The second-order valence-corrected chi connectivity index (χ2v) is 41.9. The number of phenolic OH excluding ortho intramolecular Hbond substituents is 2. The summed E-state index contributed by atoms with van der Waals surface area (Å²) in [5, 5.41) is 33.3. The minimum absolute atomic E-state index is 0.0908. The molecule has 0 fully saturated rings. The number of furan rings is 1. The van der Waals surface area contributed by atoms with Gasteiger partial charge in [0, 0.05) is 37.5 Å². The van der Waals surface area contributed by atoms with Crippen LogP contribution in [0.2, 0.25) is 10.0 Å². The summed E-state index contributed by atoms with van der Waals surface area (Å²) < 4.78 is 11.7. The molecular weight excluding hydrogens is 1870 g/mol. The number of Topliss-reactive ketones (excluding diaryl/α,β-unsaturated/α-hetero) is 1. The zero-order valence-electron chi connectivity index (χ0n) is 93.3. The van der Waals surface area contributed by atoms with Crippen LogP contribution in [-0.2, 0) is 6.61 Å². The Kier molecular flexibility index (Phi) is 53.5. The fourth-order valence-corrected chi connectivity index (χ4v) is 15.7. The van der Waals surface area contributed by atoms with Gasteiger partial charge in [-0.2, -0.15) is 5.26 Å². The summed E-state index contributed by atoms with van der Waals surface area (Å²) in [6.07, 6.45) is 0. The molecule has 2 N–H and O–H groups in total. The lowest BCUT2D eigenvalue weighted by Gasteiger charge is -2.08. The number of para-hydroxylation sites is 2. The number of nitrogens with zero attached hydrogens (tertiary/aromatic N) is 1. The predicted octanol–water partition coefficient (Wildman–Crippen LogP) is 42.0. The Labute approximate surface area is 909 Å². The highest BCUT2D eigenvalue weighted by molar-refractivity contribution is 6.31. The van der Waals surface area contributed by atoms with Crippen molar-refractivity contribution in [3.63, 3.8) is 0 Å². The van der Waals surface area contributed by atoms with Gasteiger partial charge in [-0.05, 0) is 263 Å². The van der Waals surface area contributed by atoms with Crippen molar-refractivity contribution in [1.29, 1.82) is 5.26 Å². The number of benzene rings is 17. The summed E-state index contributed by atoms with van der Waals surface area (Å²) >= 11 is 11.5. The Balaban J connectivity index is 0.000000223. The summed E-state index contributed by atoms with van der Waals surface area (Å²) in [6, 6.07) is 144. The third-order valence-electron chi connectivity index (χ3n) is 25.1. The van der Waals surface area contributed by atoms with Gasteiger partial charge >= 0.3 is 0 Å². The molecule has 0 aliphatic heterocycles. The SMILES string of the molecule is CC(=O)c1cccc(C(C)C)c1.CC(C)c1ccc(-c2ccccc2)cc1.CC(C)c1ccc(Cl)cc1.CC(C)c1ccc(O)cc1.CC(C)c1ccc(OCc2ccccc2)cc1.CC(C)c1ccc2ccccc2c1.CC(C)c1cccc(C#N)c1.CC(C)c1cccc(C(=O)c2ccccc2)c1.CC(C)c1cccc(Cl)c1.CC(C)c1cccc(O)c1.CC(C)c1cccc2c1oc1ccccc12.CC(C)c1ccccc1. The summed E-state index contributed by atoms with van der Waals surface area (Å²) in [4.78, 5) is 23.2. The van der Waals surface area contributed by atoms with E-state index in [4.69, 9.17) is 47.8 Å². The van der Waals surface area contributed by atoms with E-state index in [0.717, 1.165) is 49.2 Å². The van der Waals surface area contributed by atoms with E-state index in [1.807, 2.05) is 200 Å². The Morgan fingerprint density at radius 3 is 1.10 bits per heavy atom. The monoisotopic (exact) mass is 2030 g/mol. The standard InChI is InChI=1S/C16H16O.C16H18O.C15H14O.C15H16.C13H14.C11H14O.C10H11N.2C9H11Cl.2C9H12O.C9H12/c1-12(2)14-9-6-10-15(11-14)16(17)13-7-4-3-5-8-13;1-13(2)15-8-10-16(11-9-15)17-12-14-6-4-3-5-7-14;1-10(2)11-7-5-8-13-12-6-3-4-9-14(12)16-15(11)13;1-12(2)13-8-10-15(11-9-13)14-6-4-3-5-7-14;1-10(2)12-8-7-11-5-3-4-6-13(11)9-12;1-8(2)10-5-4-6-11(7-10)9(3)12;1-8(2)10-5-3-4-9(6-10)7-11;1-7(2)8-3-5-9(10)6-4-8;1-7(2)8-4-3-5-9(10)6-8;1-7(2)8-3-5-9(10)6-4-8;1-7(2)8-4-3-5-9(10)6-8;1-8(2)9-6-4-3-5-7-9/h3-12H,1-2H3;3-11,13H,12H2,1-2H3;3-10H,1-2H3;3-12H,1-2H3;3-10H,1-2H3;4-8H,1-3H3;3-6,8H,1-2H3;2*3-7H,1-2H3;2*3-7,10H,1-2H3;3-8H,1-2H3. The molecule has 0 saturated heterocycles. The Hall–Kier alpha value is -14.4. The molecule has 0 unspecified atom stereocenters. The molecule has 0 aliphatic carbocycles. The second-order valence-electron chi connectivity index (χ2n) is 41.1. The van der Waals surface area contributed by atoms with E-state index in [-0.39, 0.29) is 11.6 Å². The molecule has 1 heterocycles. The van der Waals surface area contributed by atoms with Crippen LogP contribution in [0, 0.1) is 11.3 Å². The van der Waals surface area contributed by atoms with E-state index in [2.05, 4.69) is 372 Å². The van der Waals surface area contributed by atoms with Crippen LogP contribution in [0.1, 0.15) is 348 Å². The zero-order valence-corrected chi connectivity index (χ0v) is 94.8. The lowest BCUT2D eigenvalue weighted by Crippen LogP contribution is -2.02. The van der Waals surface area contributed by atoms with Crippen LogP contribution in [-0.4, -0.2) is 21.8 Å². The highest BCUT2D eigenvalue weighted by atomic mass is 35.5. The molecule has 18 rings (SSSR count). The number of nitriles is 1. The van der Waals surface area contributed by atoms with E-state index < -0.39 is 0 Å². The first-order valence-corrected chi connectivity index (χ1v) is 53.7. The quantitative estimate of drug-likeness (QED) is 0.0774. The van der Waals surface area contributed by atoms with Crippen molar-refractivity contribution in [2.45, 2.75) is 251 Å². The van der Waals surface area contributed by atoms with E-state index in [9.17, 15) is 9.59 Å². The van der Waals surface area contributed by atoms with Crippen LogP contribution >= 0.6 is 23.2 Å². The third kappa shape index (κ3) is 43.8. The molecule has 9 heteroatoms. The Morgan fingerprint density at radius 2 is 0.633 bits per heavy atom. The fourth-order valence-electron chi connectivity index (χ4n) is 15.3. The first-order valence-electron chi connectivity index (χ1n) is 53.0. The molecule has 780 valence electrons. The van der Waals surface area contributed by atoms with E-state index in [1.54, 1.807) is 31.2 Å². The maximum Gasteiger partial charge on any atom is 0.193 e. The average Bonchev–Trinajstić information content (AvgIpc) is 1.62. The number of halogens is 2. The van der Waals surface area contributed by atoms with Gasteiger partial charge in [0.2, 0.25) is 0 Å². The summed E-state index contributed by atoms with van der Waals surface area (Å²) in [6.45, 7) is 54.2. The van der Waals surface area contributed by atoms with Crippen LogP contribution in [0.4, 0.5) is 0 Å². The molecule has 7 nitrogen and oxygen atoms in total. The van der Waals surface area contributed by atoms with Gasteiger partial charge in [0.05, 0.1) is 11.6 Å². The second kappa shape index (κ2) is 65.5. The highest BCUT2D eigenvalue weighted by Gasteiger charge is 2.15. The first-order chi connectivity index (χ1) is 71.7. The molecular formula is C141H161Cl2NO6. The normalized spacial score (nSPS) is 10.5. The topological polar surface area (TPSA) is 121 Å². The van der Waals surface area contributed by atoms with Gasteiger partial charge in [-0.1, -0.05) is 523 Å². The lowest BCUT2D eigenvalue weighted by molar-refractivity contribution is 0.101. The number of ether oxygens (including phenoxy) is 1. The third-order valence-corrected chi connectivity index (χ3v) is 25.6. The van der Waals surface area contributed by atoms with Gasteiger partial charge in [-0.3, -0.25) is 9.59 Å². The van der Waals surface area contributed by atoms with Crippen molar-refractivity contribution in [3.05, 3.63) is 529 Å². The molecule has 0 aliphatic rings. The molecule has 1 aromatic heterocycles. The Morgan fingerprint density at radius 1 is 0.280 bits per heavy atom. The molecule has 0 atom stereocenters. The van der Waals surface area contributed by atoms with Crippen molar-refractivity contribution in [2.24, 2.45) is 0 Å². The number of rotatable bonds is 19. The number of ketones is 2. The van der Waals surface area contributed by atoms with Gasteiger partial charge in [-0.25, -0.2) is 0 Å². The summed E-state index contributed by atoms with van der Waals surface area (Å²) in [7, 11) is 0. The average molecular weight is 2040 g/mol. The van der Waals surface area contributed by atoms with Crippen LogP contribution in [0.5, 0.6) is 17.2 Å². The maximum atomic E-state index is 12.2. The first kappa shape index (κ1) is 123. The number of carbonyl (C=O) groups is 2. The summed E-state index contributed by atoms with van der Waals surface area (Å²) in [5.74, 6) is 8.42. The fraction of sp³-hybridized carbons (Fsp3) is 0.270. The van der Waals surface area contributed by atoms with Crippen LogP contribution in [0.25, 0.3) is 43.8 Å². The van der Waals surface area contributed by atoms with Crippen LogP contribution in [0.3, 0.4) is 0 Å². The molecule has 0 radical (unpaired) electrons. The Bertz CT molecular complexity index is 6850. The number of hydrogen-bond donors (Lipinski definition) is 2. The highest BCUT2D eigenvalue weighted by Crippen LogP contribution is 2.35. The van der Waals surface area contributed by atoms with E-state index in [0.29, 0.717) is 89.1 Å². The van der Waals surface area contributed by atoms with E-state index in [1.165, 1.54) is 105 Å². The van der Waals surface area contributed by atoms with Gasteiger partial charge in [-0.15, -0.1) is 0 Å². The van der Waals surface area contributed by atoms with Gasteiger partial charge in [0.1, 0.15) is 35.0 Å². The van der Waals surface area contributed by atoms with Crippen molar-refractivity contribution in [3.8, 4) is 34.4 Å². The van der Waals surface area contributed by atoms with E-state index >= 15 is 0 Å². The number of hydrogen-bond acceptors (Lipinski definition) is 7. The molecule has 0 amide bonds. The summed E-state index contributed by atoms with van der Waals surface area (Å²) in [5.41, 5.74) is 24.4. The van der Waals surface area contributed by atoms with Gasteiger partial charge in [0.25, 0.3) is 0 Å². The predicted molar refractivity (Wildman–Crippen MR) is 645 cm³/mol. The van der Waals surface area contributed by atoms with Gasteiger partial charge < -0.3 is 19.4 Å². The zero-order chi connectivity index (χ0) is 110. The largest absolute Gasteiger partial charge is 0.508 e. The number of phenols is 2. The molecule has 150 heavy (non-hydrogen) atoms. The minimum Gasteiger partial charge on any atom is -0.508 e. The van der Waals surface area contributed by atoms with Crippen molar-refractivity contribution in [2.75, 3.05) is 0 Å². The maximum absolute atomic E-state index is 12.2. The molecule has 0 saturated carbocycles. The number of fused-ring (bicyclic) bond motifs is 4. The lowest BCUT2D eigenvalue weighted by atomic mass is 9.97. The molecule has 0 spiro atoms. The molecule has 17 aromatic carbocycles. The van der Waals surface area contributed by atoms with Crippen LogP contribution in [0.15, 0.2) is 429 Å². The smallest absolute Gasteiger partial charge is 0.193 e. The van der Waals surface area contributed by atoms with Crippen molar-refractivity contribution < 1.29 is 29.0 Å². The minimum atomic E-state index is 0.0908. The molecule has 18 aromatic rings.